The van der Waals surface area contributed by atoms with E-state index in [9.17, 15) is 5.21 Å². The normalized spacial score (nSPS) is 14.0. The van der Waals surface area contributed by atoms with Gasteiger partial charge in [-0.25, -0.2) is 0 Å². The van der Waals surface area contributed by atoms with Gasteiger partial charge in [-0.2, -0.15) is 0 Å². The highest BCUT2D eigenvalue weighted by molar-refractivity contribution is 4.59. The van der Waals surface area contributed by atoms with Gasteiger partial charge in [0.1, 0.15) is 0 Å². The smallest absolute Gasteiger partial charge is 0.0869 e. The van der Waals surface area contributed by atoms with E-state index in [1.54, 1.807) is 7.05 Å². The summed E-state index contributed by atoms with van der Waals surface area (Å²) in [5, 5.41) is 12.2. The third-order valence-electron chi connectivity index (χ3n) is 5.39. The number of unbranched alkanes of at least 4 members (excludes halogenated alkanes) is 14. The molecule has 0 saturated carbocycles. The molecule has 0 fully saturated rings. The first-order valence-electron chi connectivity index (χ1n) is 11.2. The van der Waals surface area contributed by atoms with Crippen molar-refractivity contribution >= 4 is 0 Å². The maximum absolute atomic E-state index is 11.8. The molecule has 0 aliphatic carbocycles. The van der Waals surface area contributed by atoms with Crippen LogP contribution in [0.1, 0.15) is 129 Å². The maximum Gasteiger partial charge on any atom is 0.0869 e. The second-order valence-corrected chi connectivity index (χ2v) is 7.83. The van der Waals surface area contributed by atoms with Gasteiger partial charge in [0.15, 0.2) is 0 Å². The van der Waals surface area contributed by atoms with Gasteiger partial charge in [0, 0.05) is 0 Å². The summed E-state index contributed by atoms with van der Waals surface area (Å²) < 4.78 is 0. The molecule has 0 saturated heterocycles. The van der Waals surface area contributed by atoms with Crippen molar-refractivity contribution in [3.05, 3.63) is 5.21 Å². The van der Waals surface area contributed by atoms with Crippen molar-refractivity contribution in [3.8, 4) is 0 Å². The Bertz CT molecular complexity index is 230. The van der Waals surface area contributed by atoms with Crippen molar-refractivity contribution in [2.75, 3.05) is 7.05 Å². The third-order valence-corrected chi connectivity index (χ3v) is 5.39. The molecule has 0 spiro atoms. The van der Waals surface area contributed by atoms with Gasteiger partial charge in [-0.3, -0.25) is 0 Å². The monoisotopic (exact) mass is 341 g/mol. The molecular formula is C22H47NO. The van der Waals surface area contributed by atoms with E-state index >= 15 is 0 Å². The first-order valence-corrected chi connectivity index (χ1v) is 11.2. The second-order valence-electron chi connectivity index (χ2n) is 7.83. The fraction of sp³-hybridized carbons (Fsp3) is 1.00. The Kier molecular flexibility index (Phi) is 19.2. The predicted molar refractivity (Wildman–Crippen MR) is 108 cm³/mol. The minimum Gasteiger partial charge on any atom is -0.634 e. The Morgan fingerprint density at radius 1 is 0.542 bits per heavy atom. The van der Waals surface area contributed by atoms with E-state index < -0.39 is 0 Å². The average molecular weight is 342 g/mol. The summed E-state index contributed by atoms with van der Waals surface area (Å²) in [4.78, 5) is 0. The van der Waals surface area contributed by atoms with Crippen molar-refractivity contribution in [1.82, 2.24) is 0 Å². The second kappa shape index (κ2) is 19.2. The SMILES string of the molecule is CCCCCCCCCCCC(CCCCCCCCC)[NH+](C)[O-]. The number of hydroxylamine groups is 2. The minimum atomic E-state index is 0.352. The van der Waals surface area contributed by atoms with Gasteiger partial charge >= 0.3 is 0 Å². The van der Waals surface area contributed by atoms with Crippen LogP contribution >= 0.6 is 0 Å². The molecule has 0 aliphatic rings. The molecule has 2 nitrogen and oxygen atoms in total. The van der Waals surface area contributed by atoms with E-state index in [1.807, 2.05) is 0 Å². The van der Waals surface area contributed by atoms with Crippen LogP contribution in [0.5, 0.6) is 0 Å². The zero-order chi connectivity index (χ0) is 17.9. The Balaban J connectivity index is 3.46. The number of quaternary nitrogens is 1. The number of nitrogens with one attached hydrogen (secondary N) is 1. The van der Waals surface area contributed by atoms with Crippen LogP contribution in [0, 0.1) is 5.21 Å². The van der Waals surface area contributed by atoms with Crippen molar-refractivity contribution in [1.29, 1.82) is 0 Å². The number of hydrogen-bond donors (Lipinski definition) is 1. The van der Waals surface area contributed by atoms with Crippen molar-refractivity contribution in [2.24, 2.45) is 0 Å². The van der Waals surface area contributed by atoms with Gasteiger partial charge < -0.3 is 10.3 Å². The summed E-state index contributed by atoms with van der Waals surface area (Å²) in [5.74, 6) is 0. The van der Waals surface area contributed by atoms with E-state index in [4.69, 9.17) is 0 Å². The highest BCUT2D eigenvalue weighted by Crippen LogP contribution is 2.14. The average Bonchev–Trinajstić information content (AvgIpc) is 2.57. The highest BCUT2D eigenvalue weighted by Gasteiger charge is 2.11. The molecule has 146 valence electrons. The Hall–Kier alpha value is -0.0800. The summed E-state index contributed by atoms with van der Waals surface area (Å²) in [6, 6.07) is 0.352. The molecule has 0 heterocycles. The largest absolute Gasteiger partial charge is 0.634 e. The van der Waals surface area contributed by atoms with E-state index in [-0.39, 0.29) is 0 Å². The lowest BCUT2D eigenvalue weighted by atomic mass is 9.99. The Morgan fingerprint density at radius 3 is 1.12 bits per heavy atom. The van der Waals surface area contributed by atoms with Crippen LogP contribution in [0.4, 0.5) is 0 Å². The van der Waals surface area contributed by atoms with Crippen LogP contribution in [-0.2, 0) is 0 Å². The fourth-order valence-corrected chi connectivity index (χ4v) is 3.60. The topological polar surface area (TPSA) is 27.5 Å². The zero-order valence-electron chi connectivity index (χ0n) is 17.2. The van der Waals surface area contributed by atoms with Gasteiger partial charge in [-0.15, -0.1) is 0 Å². The van der Waals surface area contributed by atoms with Crippen LogP contribution in [0.3, 0.4) is 0 Å². The van der Waals surface area contributed by atoms with Crippen LogP contribution in [0.25, 0.3) is 0 Å². The van der Waals surface area contributed by atoms with Gasteiger partial charge in [0.25, 0.3) is 0 Å². The fourth-order valence-electron chi connectivity index (χ4n) is 3.60. The first kappa shape index (κ1) is 23.9. The van der Waals surface area contributed by atoms with E-state index in [0.29, 0.717) is 11.1 Å². The molecule has 0 rings (SSSR count). The maximum atomic E-state index is 11.8. The van der Waals surface area contributed by atoms with Crippen molar-refractivity contribution in [3.63, 3.8) is 0 Å². The molecule has 0 radical (unpaired) electrons. The summed E-state index contributed by atoms with van der Waals surface area (Å²) in [5.41, 5.74) is 0. The van der Waals surface area contributed by atoms with Gasteiger partial charge in [-0.05, 0) is 25.7 Å². The zero-order valence-corrected chi connectivity index (χ0v) is 17.2. The summed E-state index contributed by atoms with van der Waals surface area (Å²) in [6.07, 6.45) is 24.1. The lowest BCUT2D eigenvalue weighted by molar-refractivity contribution is -0.855. The summed E-state index contributed by atoms with van der Waals surface area (Å²) >= 11 is 0. The van der Waals surface area contributed by atoms with Gasteiger partial charge in [0.05, 0.1) is 13.1 Å². The standard InChI is InChI=1S/C22H47NO/c1-4-6-8-10-12-13-15-17-19-21-22(23(3)24)20-18-16-14-11-9-7-5-2/h22-23H,4-21H2,1-3H3. The van der Waals surface area contributed by atoms with E-state index in [1.165, 1.54) is 103 Å². The Labute approximate surface area is 153 Å². The highest BCUT2D eigenvalue weighted by atomic mass is 16.5. The molecule has 0 aromatic heterocycles. The molecule has 0 bridgehead atoms. The van der Waals surface area contributed by atoms with Gasteiger partial charge in [-0.1, -0.05) is 104 Å². The molecular weight excluding hydrogens is 294 g/mol. The molecule has 2 atom stereocenters. The lowest BCUT2D eigenvalue weighted by Gasteiger charge is -2.28. The van der Waals surface area contributed by atoms with Crippen molar-refractivity contribution in [2.45, 2.75) is 135 Å². The van der Waals surface area contributed by atoms with Crippen molar-refractivity contribution < 1.29 is 5.06 Å². The molecule has 0 aromatic carbocycles. The van der Waals surface area contributed by atoms with E-state index in [0.717, 1.165) is 12.8 Å². The van der Waals surface area contributed by atoms with Crippen LogP contribution < -0.4 is 5.06 Å². The van der Waals surface area contributed by atoms with Crippen LogP contribution in [0.2, 0.25) is 0 Å². The molecule has 0 amide bonds. The lowest BCUT2D eigenvalue weighted by Crippen LogP contribution is -3.08. The molecule has 0 aromatic rings. The van der Waals surface area contributed by atoms with Crippen LogP contribution in [-0.4, -0.2) is 13.1 Å². The molecule has 1 N–H and O–H groups in total. The number of hydrogen-bond acceptors (Lipinski definition) is 1. The molecule has 2 unspecified atom stereocenters. The van der Waals surface area contributed by atoms with Crippen LogP contribution in [0.15, 0.2) is 0 Å². The predicted octanol–water partition coefficient (Wildman–Crippen LogP) is 6.43. The quantitative estimate of drug-likeness (QED) is 0.213. The summed E-state index contributed by atoms with van der Waals surface area (Å²) in [6.45, 7) is 4.54. The minimum absolute atomic E-state index is 0.352. The summed E-state index contributed by atoms with van der Waals surface area (Å²) in [7, 11) is 1.81. The van der Waals surface area contributed by atoms with E-state index in [2.05, 4.69) is 13.8 Å². The van der Waals surface area contributed by atoms with Gasteiger partial charge in [0.2, 0.25) is 0 Å². The molecule has 0 aliphatic heterocycles. The first-order chi connectivity index (χ1) is 11.7. The third kappa shape index (κ3) is 16.8. The molecule has 2 heteroatoms. The number of rotatable bonds is 19. The molecule has 24 heavy (non-hydrogen) atoms. The Morgan fingerprint density at radius 2 is 0.833 bits per heavy atom.